The van der Waals surface area contributed by atoms with E-state index in [1.807, 2.05) is 42.2 Å². The van der Waals surface area contributed by atoms with Crippen molar-refractivity contribution in [2.24, 2.45) is 0 Å². The number of likely N-dealkylation sites (tertiary alicyclic amines) is 1. The summed E-state index contributed by atoms with van der Waals surface area (Å²) in [5.41, 5.74) is 2.79. The van der Waals surface area contributed by atoms with E-state index in [-0.39, 0.29) is 17.9 Å². The number of benzene rings is 2. The number of fused-ring (bicyclic) bond motifs is 2. The molecule has 152 valence electrons. The lowest BCUT2D eigenvalue weighted by Crippen LogP contribution is -2.50. The molecule has 5 nitrogen and oxygen atoms in total. The van der Waals surface area contributed by atoms with Gasteiger partial charge in [-0.1, -0.05) is 42.5 Å². The zero-order valence-corrected chi connectivity index (χ0v) is 16.9. The molecule has 1 fully saturated rings. The molecular weight excluding hydrogens is 364 g/mol. The molecule has 2 aliphatic heterocycles. The first kappa shape index (κ1) is 19.6. The molecule has 1 N–H and O–H groups in total. The van der Waals surface area contributed by atoms with Crippen LogP contribution >= 0.6 is 0 Å². The molecule has 2 amide bonds. The molecule has 1 unspecified atom stereocenters. The van der Waals surface area contributed by atoms with Crippen molar-refractivity contribution < 1.29 is 14.3 Å². The van der Waals surface area contributed by atoms with Crippen LogP contribution in [0.4, 0.5) is 0 Å². The highest BCUT2D eigenvalue weighted by atomic mass is 16.5. The predicted octanol–water partition coefficient (Wildman–Crippen LogP) is 3.29. The molecule has 5 heteroatoms. The summed E-state index contributed by atoms with van der Waals surface area (Å²) in [4.78, 5) is 26.9. The van der Waals surface area contributed by atoms with E-state index in [9.17, 15) is 9.59 Å². The molecule has 1 saturated heterocycles. The maximum absolute atomic E-state index is 12.8. The number of carbonyl (C=O) groups excluding carboxylic acids is 2. The molecule has 2 aromatic carbocycles. The third-order valence-electron chi connectivity index (χ3n) is 6.01. The van der Waals surface area contributed by atoms with Gasteiger partial charge in [-0.3, -0.25) is 9.59 Å². The Labute approximate surface area is 172 Å². The van der Waals surface area contributed by atoms with Gasteiger partial charge in [-0.05, 0) is 49.4 Å². The quantitative estimate of drug-likeness (QED) is 0.869. The van der Waals surface area contributed by atoms with E-state index < -0.39 is 5.60 Å². The zero-order valence-electron chi connectivity index (χ0n) is 16.9. The van der Waals surface area contributed by atoms with E-state index in [4.69, 9.17) is 4.74 Å². The minimum atomic E-state index is -0.417. The zero-order chi connectivity index (χ0) is 20.3. The number of hydrogen-bond donors (Lipinski definition) is 1. The van der Waals surface area contributed by atoms with E-state index in [0.717, 1.165) is 24.8 Å². The van der Waals surface area contributed by atoms with Crippen LogP contribution in [0.2, 0.25) is 0 Å². The maximum Gasteiger partial charge on any atom is 0.253 e. The summed E-state index contributed by atoms with van der Waals surface area (Å²) in [5, 5.41) is 2.88. The summed E-state index contributed by atoms with van der Waals surface area (Å²) >= 11 is 0. The largest absolute Gasteiger partial charge is 0.366 e. The summed E-state index contributed by atoms with van der Waals surface area (Å²) in [7, 11) is 0. The Morgan fingerprint density at radius 3 is 2.48 bits per heavy atom. The molecule has 2 aliphatic rings. The second-order valence-corrected chi connectivity index (χ2v) is 7.91. The van der Waals surface area contributed by atoms with Crippen LogP contribution in [-0.2, 0) is 21.6 Å². The van der Waals surface area contributed by atoms with Gasteiger partial charge in [-0.15, -0.1) is 0 Å². The number of piperidine rings is 1. The summed E-state index contributed by atoms with van der Waals surface area (Å²) in [5.74, 6) is 0.104. The average molecular weight is 392 g/mol. The second kappa shape index (κ2) is 8.37. The first-order chi connectivity index (χ1) is 14.1. The van der Waals surface area contributed by atoms with Crippen molar-refractivity contribution in [2.75, 3.05) is 19.6 Å². The van der Waals surface area contributed by atoms with Crippen LogP contribution in [0.1, 0.15) is 47.7 Å². The van der Waals surface area contributed by atoms with E-state index >= 15 is 0 Å². The third kappa shape index (κ3) is 4.06. The van der Waals surface area contributed by atoms with Crippen molar-refractivity contribution in [3.8, 4) is 0 Å². The van der Waals surface area contributed by atoms with Crippen LogP contribution in [0, 0.1) is 0 Å². The summed E-state index contributed by atoms with van der Waals surface area (Å²) in [6.07, 6.45) is 2.48. The highest BCUT2D eigenvalue weighted by Crippen LogP contribution is 2.44. The number of ether oxygens (including phenoxy) is 1. The minimum absolute atomic E-state index is 0.0312. The third-order valence-corrected chi connectivity index (χ3v) is 6.01. The molecular formula is C24H28N2O3. The fourth-order valence-electron chi connectivity index (χ4n) is 4.62. The van der Waals surface area contributed by atoms with Gasteiger partial charge < -0.3 is 15.0 Å². The van der Waals surface area contributed by atoms with Crippen molar-refractivity contribution >= 4 is 11.8 Å². The van der Waals surface area contributed by atoms with Crippen LogP contribution in [0.3, 0.4) is 0 Å². The lowest BCUT2D eigenvalue weighted by atomic mass is 9.77. The van der Waals surface area contributed by atoms with E-state index in [1.165, 1.54) is 11.1 Å². The smallest absolute Gasteiger partial charge is 0.253 e. The van der Waals surface area contributed by atoms with Gasteiger partial charge in [-0.25, -0.2) is 0 Å². The van der Waals surface area contributed by atoms with Crippen molar-refractivity contribution in [1.29, 1.82) is 0 Å². The van der Waals surface area contributed by atoms with Gasteiger partial charge in [0.05, 0.1) is 18.1 Å². The van der Waals surface area contributed by atoms with Crippen LogP contribution in [-0.4, -0.2) is 42.5 Å². The topological polar surface area (TPSA) is 58.6 Å². The SMILES string of the molecule is CCNC(=O)CC1Cc2ccccc2C2(CCN(C(=O)c3ccccc3)CC2)O1. The van der Waals surface area contributed by atoms with Gasteiger partial charge in [0.1, 0.15) is 0 Å². The number of nitrogens with one attached hydrogen (secondary N) is 1. The number of nitrogens with zero attached hydrogens (tertiary/aromatic N) is 1. The Morgan fingerprint density at radius 1 is 1.07 bits per heavy atom. The lowest BCUT2D eigenvalue weighted by molar-refractivity contribution is -0.147. The fourth-order valence-corrected chi connectivity index (χ4v) is 4.62. The van der Waals surface area contributed by atoms with E-state index in [0.29, 0.717) is 26.1 Å². The Morgan fingerprint density at radius 2 is 1.76 bits per heavy atom. The first-order valence-corrected chi connectivity index (χ1v) is 10.5. The minimum Gasteiger partial charge on any atom is -0.366 e. The van der Waals surface area contributed by atoms with Crippen LogP contribution < -0.4 is 5.32 Å². The molecule has 2 heterocycles. The van der Waals surface area contributed by atoms with Crippen molar-refractivity contribution in [3.05, 3.63) is 71.3 Å². The molecule has 0 bridgehead atoms. The van der Waals surface area contributed by atoms with Gasteiger partial charge in [0.25, 0.3) is 5.91 Å². The standard InChI is InChI=1S/C24H28N2O3/c1-2-25-22(27)17-20-16-19-10-6-7-11-21(19)24(29-20)12-14-26(15-13-24)23(28)18-8-4-3-5-9-18/h3-11,20H,2,12-17H2,1H3,(H,25,27). The molecule has 1 spiro atoms. The lowest BCUT2D eigenvalue weighted by Gasteiger charge is -2.47. The number of carbonyl (C=O) groups is 2. The maximum atomic E-state index is 12.8. The molecule has 0 aliphatic carbocycles. The second-order valence-electron chi connectivity index (χ2n) is 7.91. The Kier molecular flexibility index (Phi) is 5.67. The molecule has 29 heavy (non-hydrogen) atoms. The first-order valence-electron chi connectivity index (χ1n) is 10.5. The molecule has 0 saturated carbocycles. The normalized spacial score (nSPS) is 20.2. The van der Waals surface area contributed by atoms with Gasteiger partial charge in [0.2, 0.25) is 5.91 Å². The molecule has 2 aromatic rings. The average Bonchev–Trinajstić information content (AvgIpc) is 2.75. The van der Waals surface area contributed by atoms with Gasteiger partial charge >= 0.3 is 0 Å². The van der Waals surface area contributed by atoms with Crippen molar-refractivity contribution in [3.63, 3.8) is 0 Å². The molecule has 1 atom stereocenters. The number of hydrogen-bond acceptors (Lipinski definition) is 3. The Hall–Kier alpha value is -2.66. The summed E-state index contributed by atoms with van der Waals surface area (Å²) in [6.45, 7) is 3.85. The predicted molar refractivity (Wildman–Crippen MR) is 112 cm³/mol. The van der Waals surface area contributed by atoms with Gasteiger partial charge in [-0.2, -0.15) is 0 Å². The summed E-state index contributed by atoms with van der Waals surface area (Å²) in [6, 6.07) is 17.8. The van der Waals surface area contributed by atoms with Gasteiger partial charge in [0.15, 0.2) is 0 Å². The molecule has 0 radical (unpaired) electrons. The Balaban J connectivity index is 1.52. The van der Waals surface area contributed by atoms with Crippen LogP contribution in [0.15, 0.2) is 54.6 Å². The molecule has 0 aromatic heterocycles. The van der Waals surface area contributed by atoms with Gasteiger partial charge in [0, 0.05) is 25.2 Å². The van der Waals surface area contributed by atoms with E-state index in [2.05, 4.69) is 29.6 Å². The molecule has 4 rings (SSSR count). The fraction of sp³-hybridized carbons (Fsp3) is 0.417. The Bertz CT molecular complexity index is 873. The summed E-state index contributed by atoms with van der Waals surface area (Å²) < 4.78 is 6.59. The highest BCUT2D eigenvalue weighted by Gasteiger charge is 2.44. The van der Waals surface area contributed by atoms with Crippen LogP contribution in [0.25, 0.3) is 0 Å². The van der Waals surface area contributed by atoms with Crippen LogP contribution in [0.5, 0.6) is 0 Å². The van der Waals surface area contributed by atoms with Crippen molar-refractivity contribution in [1.82, 2.24) is 10.2 Å². The van der Waals surface area contributed by atoms with E-state index in [1.54, 1.807) is 0 Å². The highest BCUT2D eigenvalue weighted by molar-refractivity contribution is 5.94. The number of rotatable bonds is 4. The van der Waals surface area contributed by atoms with Crippen molar-refractivity contribution in [2.45, 2.75) is 44.3 Å². The monoisotopic (exact) mass is 392 g/mol. The number of amides is 2.